The van der Waals surface area contributed by atoms with Crippen molar-refractivity contribution in [1.82, 2.24) is 9.55 Å². The highest BCUT2D eigenvalue weighted by atomic mass is 16.4. The van der Waals surface area contributed by atoms with E-state index in [0.717, 1.165) is 29.9 Å². The van der Waals surface area contributed by atoms with Crippen molar-refractivity contribution in [1.29, 1.82) is 0 Å². The Morgan fingerprint density at radius 1 is 1.43 bits per heavy atom. The number of aliphatic carboxylic acids is 1. The molecule has 0 aliphatic carbocycles. The lowest BCUT2D eigenvalue weighted by Gasteiger charge is -2.20. The van der Waals surface area contributed by atoms with E-state index < -0.39 is 11.9 Å². The maximum absolute atomic E-state index is 11.4. The maximum Gasteiger partial charge on any atom is 0.312 e. The number of hydrogen-bond acceptors (Lipinski definition) is 3. The number of benzene rings is 1. The van der Waals surface area contributed by atoms with Crippen molar-refractivity contribution in [2.75, 3.05) is 11.4 Å². The van der Waals surface area contributed by atoms with E-state index in [9.17, 15) is 9.90 Å². The standard InChI is InChI=1S/C16H19N3O2/c1-2-7-18-11-17-8-12(18)9-19-10-14(16(20)21)13-5-3-4-6-15(13)19/h3-6,8,11,14H,2,7,9-10H2,1H3,(H,20,21). The Morgan fingerprint density at radius 3 is 3.00 bits per heavy atom. The van der Waals surface area contributed by atoms with Gasteiger partial charge in [0.2, 0.25) is 0 Å². The molecule has 0 fully saturated rings. The molecule has 2 heterocycles. The monoisotopic (exact) mass is 285 g/mol. The van der Waals surface area contributed by atoms with E-state index in [4.69, 9.17) is 0 Å². The molecule has 21 heavy (non-hydrogen) atoms. The van der Waals surface area contributed by atoms with Crippen molar-refractivity contribution in [3.63, 3.8) is 0 Å². The van der Waals surface area contributed by atoms with E-state index in [1.807, 2.05) is 36.8 Å². The number of aromatic nitrogens is 2. The van der Waals surface area contributed by atoms with Gasteiger partial charge in [0.25, 0.3) is 0 Å². The number of imidazole rings is 1. The normalized spacial score (nSPS) is 17.0. The van der Waals surface area contributed by atoms with Gasteiger partial charge < -0.3 is 14.6 Å². The molecule has 5 heteroatoms. The lowest BCUT2D eigenvalue weighted by molar-refractivity contribution is -0.138. The number of para-hydroxylation sites is 1. The molecule has 2 aromatic rings. The Kier molecular flexibility index (Phi) is 3.64. The van der Waals surface area contributed by atoms with Crippen LogP contribution in [0.2, 0.25) is 0 Å². The fourth-order valence-corrected chi connectivity index (χ4v) is 2.97. The molecule has 1 aromatic carbocycles. The lowest BCUT2D eigenvalue weighted by Crippen LogP contribution is -2.25. The Balaban J connectivity index is 1.87. The molecular weight excluding hydrogens is 266 g/mol. The fourth-order valence-electron chi connectivity index (χ4n) is 2.97. The van der Waals surface area contributed by atoms with E-state index >= 15 is 0 Å². The number of nitrogens with zero attached hydrogens (tertiary/aromatic N) is 3. The van der Waals surface area contributed by atoms with Gasteiger partial charge in [-0.05, 0) is 18.1 Å². The summed E-state index contributed by atoms with van der Waals surface area (Å²) >= 11 is 0. The number of carboxylic acid groups (broad SMARTS) is 1. The van der Waals surface area contributed by atoms with Crippen LogP contribution in [0.5, 0.6) is 0 Å². The second kappa shape index (κ2) is 5.60. The van der Waals surface area contributed by atoms with Crippen LogP contribution < -0.4 is 4.90 Å². The molecule has 0 saturated carbocycles. The van der Waals surface area contributed by atoms with Crippen LogP contribution in [0.3, 0.4) is 0 Å². The molecular formula is C16H19N3O2. The molecule has 1 aliphatic heterocycles. The summed E-state index contributed by atoms with van der Waals surface area (Å²) in [6.45, 7) is 4.29. The van der Waals surface area contributed by atoms with Crippen LogP contribution >= 0.6 is 0 Å². The van der Waals surface area contributed by atoms with Crippen LogP contribution in [-0.2, 0) is 17.9 Å². The summed E-state index contributed by atoms with van der Waals surface area (Å²) in [6, 6.07) is 7.77. The zero-order valence-corrected chi connectivity index (χ0v) is 12.1. The van der Waals surface area contributed by atoms with Gasteiger partial charge in [0.05, 0.1) is 18.6 Å². The quantitative estimate of drug-likeness (QED) is 0.917. The topological polar surface area (TPSA) is 58.4 Å². The van der Waals surface area contributed by atoms with Gasteiger partial charge in [0.15, 0.2) is 0 Å². The first-order valence-electron chi connectivity index (χ1n) is 7.26. The minimum Gasteiger partial charge on any atom is -0.481 e. The molecule has 0 spiro atoms. The summed E-state index contributed by atoms with van der Waals surface area (Å²) in [5, 5.41) is 9.40. The predicted molar refractivity (Wildman–Crippen MR) is 80.4 cm³/mol. The molecule has 1 aromatic heterocycles. The summed E-state index contributed by atoms with van der Waals surface area (Å²) in [7, 11) is 0. The Morgan fingerprint density at radius 2 is 2.24 bits per heavy atom. The second-order valence-electron chi connectivity index (χ2n) is 5.41. The van der Waals surface area contributed by atoms with E-state index in [0.29, 0.717) is 13.1 Å². The summed E-state index contributed by atoms with van der Waals surface area (Å²) in [5.74, 6) is -1.20. The van der Waals surface area contributed by atoms with Gasteiger partial charge in [-0.1, -0.05) is 25.1 Å². The summed E-state index contributed by atoms with van der Waals surface area (Å²) < 4.78 is 2.14. The highest BCUT2D eigenvalue weighted by Gasteiger charge is 2.33. The van der Waals surface area contributed by atoms with Crippen molar-refractivity contribution >= 4 is 11.7 Å². The average Bonchev–Trinajstić information content (AvgIpc) is 3.06. The molecule has 0 radical (unpaired) electrons. The minimum atomic E-state index is -0.757. The van der Waals surface area contributed by atoms with Crippen molar-refractivity contribution in [3.05, 3.63) is 48.0 Å². The molecule has 1 N–H and O–H groups in total. The molecule has 0 bridgehead atoms. The average molecular weight is 285 g/mol. The molecule has 1 unspecified atom stereocenters. The first kappa shape index (κ1) is 13.7. The molecule has 1 aliphatic rings. The van der Waals surface area contributed by atoms with Gasteiger partial charge in [-0.3, -0.25) is 4.79 Å². The van der Waals surface area contributed by atoms with Crippen molar-refractivity contribution in [2.45, 2.75) is 32.4 Å². The van der Waals surface area contributed by atoms with Gasteiger partial charge in [-0.25, -0.2) is 4.98 Å². The van der Waals surface area contributed by atoms with E-state index in [2.05, 4.69) is 21.4 Å². The second-order valence-corrected chi connectivity index (χ2v) is 5.41. The number of anilines is 1. The zero-order valence-electron chi connectivity index (χ0n) is 12.1. The van der Waals surface area contributed by atoms with Crippen LogP contribution in [0.4, 0.5) is 5.69 Å². The van der Waals surface area contributed by atoms with E-state index in [-0.39, 0.29) is 0 Å². The van der Waals surface area contributed by atoms with Crippen LogP contribution in [0, 0.1) is 0 Å². The third-order valence-electron chi connectivity index (χ3n) is 3.97. The van der Waals surface area contributed by atoms with Gasteiger partial charge >= 0.3 is 5.97 Å². The maximum atomic E-state index is 11.4. The molecule has 0 saturated heterocycles. The third-order valence-corrected chi connectivity index (χ3v) is 3.97. The van der Waals surface area contributed by atoms with Crippen LogP contribution in [0.25, 0.3) is 0 Å². The fraction of sp³-hybridized carbons (Fsp3) is 0.375. The highest BCUT2D eigenvalue weighted by Crippen LogP contribution is 2.37. The Hall–Kier alpha value is -2.30. The van der Waals surface area contributed by atoms with Crippen molar-refractivity contribution in [2.24, 2.45) is 0 Å². The van der Waals surface area contributed by atoms with Gasteiger partial charge in [0.1, 0.15) is 5.92 Å². The number of rotatable bonds is 5. The molecule has 5 nitrogen and oxygen atoms in total. The summed E-state index contributed by atoms with van der Waals surface area (Å²) in [6.07, 6.45) is 4.76. The number of aryl methyl sites for hydroxylation is 1. The molecule has 110 valence electrons. The minimum absolute atomic E-state index is 0.441. The summed E-state index contributed by atoms with van der Waals surface area (Å²) in [4.78, 5) is 17.8. The van der Waals surface area contributed by atoms with Crippen LogP contribution in [0.1, 0.15) is 30.5 Å². The van der Waals surface area contributed by atoms with Crippen molar-refractivity contribution < 1.29 is 9.90 Å². The lowest BCUT2D eigenvalue weighted by atomic mass is 10.0. The smallest absolute Gasteiger partial charge is 0.312 e. The van der Waals surface area contributed by atoms with E-state index in [1.54, 1.807) is 0 Å². The third kappa shape index (κ3) is 2.51. The number of carbonyl (C=O) groups is 1. The first-order valence-corrected chi connectivity index (χ1v) is 7.26. The highest BCUT2D eigenvalue weighted by molar-refractivity contribution is 5.82. The van der Waals surface area contributed by atoms with E-state index in [1.165, 1.54) is 0 Å². The van der Waals surface area contributed by atoms with Crippen LogP contribution in [-0.4, -0.2) is 27.2 Å². The zero-order chi connectivity index (χ0) is 14.8. The van der Waals surface area contributed by atoms with Crippen LogP contribution in [0.15, 0.2) is 36.8 Å². The first-order chi connectivity index (χ1) is 10.2. The largest absolute Gasteiger partial charge is 0.481 e. The van der Waals surface area contributed by atoms with Gasteiger partial charge in [-0.15, -0.1) is 0 Å². The predicted octanol–water partition coefficient (Wildman–Crippen LogP) is 2.48. The molecule has 3 rings (SSSR count). The number of hydrogen-bond donors (Lipinski definition) is 1. The Labute approximate surface area is 123 Å². The van der Waals surface area contributed by atoms with Crippen molar-refractivity contribution in [3.8, 4) is 0 Å². The van der Waals surface area contributed by atoms with Gasteiger partial charge in [0, 0.05) is 25.0 Å². The SMILES string of the molecule is CCCn1cncc1CN1CC(C(=O)O)c2ccccc21. The number of fused-ring (bicyclic) bond motifs is 1. The summed E-state index contributed by atoms with van der Waals surface area (Å²) in [5.41, 5.74) is 3.05. The molecule has 1 atom stereocenters. The van der Waals surface area contributed by atoms with Gasteiger partial charge in [-0.2, -0.15) is 0 Å². The molecule has 0 amide bonds. The number of carboxylic acids is 1. The Bertz CT molecular complexity index is 650.